The van der Waals surface area contributed by atoms with E-state index in [2.05, 4.69) is 9.97 Å². The molecular weight excluding hydrogens is 330 g/mol. The topological polar surface area (TPSA) is 92.4 Å². The molecule has 2 amide bonds. The van der Waals surface area contributed by atoms with E-state index in [4.69, 9.17) is 5.73 Å². The third-order valence-corrected chi connectivity index (χ3v) is 5.44. The Hall–Kier alpha value is -2.02. The summed E-state index contributed by atoms with van der Waals surface area (Å²) in [5.41, 5.74) is 6.78. The molecule has 7 nitrogen and oxygen atoms in total. The van der Waals surface area contributed by atoms with Crippen molar-refractivity contribution < 1.29 is 9.59 Å². The molecule has 1 aromatic heterocycles. The molecule has 3 rings (SSSR count). The Bertz CT molecular complexity index is 682. The van der Waals surface area contributed by atoms with Gasteiger partial charge in [-0.3, -0.25) is 19.6 Å². The molecule has 2 aliphatic heterocycles. The largest absolute Gasteiger partial charge is 0.340 e. The van der Waals surface area contributed by atoms with Crippen LogP contribution in [0.15, 0.2) is 12.4 Å². The van der Waals surface area contributed by atoms with Crippen LogP contribution in [0.2, 0.25) is 0 Å². The number of amides is 2. The number of carbonyl (C=O) groups is 2. The molecule has 0 unspecified atom stereocenters. The highest BCUT2D eigenvalue weighted by Gasteiger charge is 2.44. The predicted octanol–water partition coefficient (Wildman–Crippen LogP) is 1.25. The fourth-order valence-corrected chi connectivity index (χ4v) is 4.06. The quantitative estimate of drug-likeness (QED) is 0.877. The number of aryl methyl sites for hydroxylation is 1. The number of nitrogens with two attached hydrogens (primary N) is 1. The van der Waals surface area contributed by atoms with Crippen LogP contribution in [0.1, 0.15) is 50.9 Å². The molecule has 26 heavy (non-hydrogen) atoms. The third-order valence-electron chi connectivity index (χ3n) is 5.44. The zero-order valence-corrected chi connectivity index (χ0v) is 16.0. The summed E-state index contributed by atoms with van der Waals surface area (Å²) < 4.78 is 0. The van der Waals surface area contributed by atoms with Crippen molar-refractivity contribution >= 4 is 11.8 Å². The lowest BCUT2D eigenvalue weighted by molar-refractivity contribution is -0.145. The standard InChI is InChI=1S/C19H29N5O2/c1-14-9-22-15(10-21-14)11-24-13-19(7-5-16(24)25)6-4-8-23(12-19)17(26)18(2,3)20/h9-10H,4-8,11-13,20H2,1-3H3/t19-/m1/s1. The fraction of sp³-hybridized carbons (Fsp3) is 0.684. The molecule has 1 atom stereocenters. The molecule has 0 radical (unpaired) electrons. The molecule has 2 N–H and O–H groups in total. The van der Waals surface area contributed by atoms with Gasteiger partial charge < -0.3 is 15.5 Å². The number of carbonyl (C=O) groups excluding carboxylic acids is 2. The first-order valence-electron chi connectivity index (χ1n) is 9.32. The summed E-state index contributed by atoms with van der Waals surface area (Å²) in [6.45, 7) is 7.96. The van der Waals surface area contributed by atoms with Crippen molar-refractivity contribution in [2.24, 2.45) is 11.1 Å². The summed E-state index contributed by atoms with van der Waals surface area (Å²) in [6, 6.07) is 0. The molecule has 7 heteroatoms. The molecule has 1 spiro atoms. The van der Waals surface area contributed by atoms with Crippen LogP contribution in [0.4, 0.5) is 0 Å². The van der Waals surface area contributed by atoms with Gasteiger partial charge in [0.05, 0.1) is 29.7 Å². The SMILES string of the molecule is Cc1cnc(CN2C[C@]3(CCCN(C(=O)C(C)(C)N)C3)CCC2=O)cn1. The predicted molar refractivity (Wildman–Crippen MR) is 97.9 cm³/mol. The van der Waals surface area contributed by atoms with E-state index in [1.54, 1.807) is 26.2 Å². The highest BCUT2D eigenvalue weighted by Crippen LogP contribution is 2.39. The van der Waals surface area contributed by atoms with Crippen LogP contribution >= 0.6 is 0 Å². The van der Waals surface area contributed by atoms with E-state index in [1.807, 2.05) is 16.7 Å². The molecule has 0 aliphatic carbocycles. The first kappa shape index (κ1) is 18.8. The lowest BCUT2D eigenvalue weighted by Crippen LogP contribution is -2.59. The molecule has 3 heterocycles. The van der Waals surface area contributed by atoms with Gasteiger partial charge in [0.2, 0.25) is 11.8 Å². The monoisotopic (exact) mass is 359 g/mol. The van der Waals surface area contributed by atoms with Crippen molar-refractivity contribution in [1.29, 1.82) is 0 Å². The second kappa shape index (κ2) is 6.95. The van der Waals surface area contributed by atoms with Crippen molar-refractivity contribution in [2.45, 2.75) is 58.5 Å². The summed E-state index contributed by atoms with van der Waals surface area (Å²) in [4.78, 5) is 37.5. The fourth-order valence-electron chi connectivity index (χ4n) is 4.06. The van der Waals surface area contributed by atoms with Crippen LogP contribution in [0, 0.1) is 12.3 Å². The third kappa shape index (κ3) is 4.03. The highest BCUT2D eigenvalue weighted by molar-refractivity contribution is 5.85. The summed E-state index contributed by atoms with van der Waals surface area (Å²) >= 11 is 0. The Morgan fingerprint density at radius 1 is 1.27 bits per heavy atom. The summed E-state index contributed by atoms with van der Waals surface area (Å²) in [6.07, 6.45) is 6.80. The lowest BCUT2D eigenvalue weighted by Gasteiger charge is -2.49. The molecule has 2 fully saturated rings. The minimum Gasteiger partial charge on any atom is -0.340 e. The number of likely N-dealkylation sites (tertiary alicyclic amines) is 2. The van der Waals surface area contributed by atoms with E-state index in [0.717, 1.165) is 37.2 Å². The number of nitrogens with zero attached hydrogens (tertiary/aromatic N) is 4. The Kier molecular flexibility index (Phi) is 5.01. The molecule has 0 bridgehead atoms. The van der Waals surface area contributed by atoms with Gasteiger partial charge in [-0.25, -0.2) is 0 Å². The highest BCUT2D eigenvalue weighted by atomic mass is 16.2. The van der Waals surface area contributed by atoms with E-state index in [-0.39, 0.29) is 17.2 Å². The summed E-state index contributed by atoms with van der Waals surface area (Å²) in [5.74, 6) is 0.144. The molecule has 142 valence electrons. The zero-order chi connectivity index (χ0) is 18.9. The van der Waals surface area contributed by atoms with Crippen molar-refractivity contribution in [3.05, 3.63) is 23.8 Å². The smallest absolute Gasteiger partial charge is 0.242 e. The number of piperidine rings is 2. The van der Waals surface area contributed by atoms with Gasteiger partial charge >= 0.3 is 0 Å². The van der Waals surface area contributed by atoms with Crippen LogP contribution in [0.5, 0.6) is 0 Å². The molecule has 2 saturated heterocycles. The minimum absolute atomic E-state index is 0.00979. The Labute approximate surface area is 155 Å². The van der Waals surface area contributed by atoms with Gasteiger partial charge in [-0.2, -0.15) is 0 Å². The first-order valence-corrected chi connectivity index (χ1v) is 9.32. The summed E-state index contributed by atoms with van der Waals surface area (Å²) in [5, 5.41) is 0. The maximum atomic E-state index is 12.6. The van der Waals surface area contributed by atoms with E-state index < -0.39 is 5.54 Å². The normalized spacial score (nSPS) is 24.2. The van der Waals surface area contributed by atoms with Crippen LogP contribution in [0.25, 0.3) is 0 Å². The molecule has 0 saturated carbocycles. The summed E-state index contributed by atoms with van der Waals surface area (Å²) in [7, 11) is 0. The average molecular weight is 359 g/mol. The number of aromatic nitrogens is 2. The lowest BCUT2D eigenvalue weighted by atomic mass is 9.73. The van der Waals surface area contributed by atoms with E-state index >= 15 is 0 Å². The van der Waals surface area contributed by atoms with E-state index in [0.29, 0.717) is 26.1 Å². The van der Waals surface area contributed by atoms with Gasteiger partial charge in [-0.15, -0.1) is 0 Å². The van der Waals surface area contributed by atoms with Crippen molar-refractivity contribution in [3.8, 4) is 0 Å². The van der Waals surface area contributed by atoms with Crippen LogP contribution < -0.4 is 5.73 Å². The maximum Gasteiger partial charge on any atom is 0.242 e. The Morgan fingerprint density at radius 3 is 2.69 bits per heavy atom. The minimum atomic E-state index is -0.861. The van der Waals surface area contributed by atoms with Gasteiger partial charge in [-0.05, 0) is 40.0 Å². The number of rotatable bonds is 3. The second-order valence-electron chi connectivity index (χ2n) is 8.45. The molecule has 0 aromatic carbocycles. The van der Waals surface area contributed by atoms with E-state index in [9.17, 15) is 9.59 Å². The molecular formula is C19H29N5O2. The van der Waals surface area contributed by atoms with Gasteiger partial charge in [0.1, 0.15) is 0 Å². The van der Waals surface area contributed by atoms with Crippen LogP contribution in [-0.4, -0.2) is 56.8 Å². The molecule has 2 aliphatic rings. The second-order valence-corrected chi connectivity index (χ2v) is 8.45. The molecule has 1 aromatic rings. The van der Waals surface area contributed by atoms with Crippen molar-refractivity contribution in [1.82, 2.24) is 19.8 Å². The maximum absolute atomic E-state index is 12.6. The van der Waals surface area contributed by atoms with Gasteiger partial charge in [0.25, 0.3) is 0 Å². The Balaban J connectivity index is 1.72. The number of hydrogen-bond acceptors (Lipinski definition) is 5. The van der Waals surface area contributed by atoms with Gasteiger partial charge in [-0.1, -0.05) is 0 Å². The zero-order valence-electron chi connectivity index (χ0n) is 16.0. The van der Waals surface area contributed by atoms with Gasteiger partial charge in [0, 0.05) is 37.7 Å². The van der Waals surface area contributed by atoms with Crippen LogP contribution in [-0.2, 0) is 16.1 Å². The van der Waals surface area contributed by atoms with Crippen molar-refractivity contribution in [3.63, 3.8) is 0 Å². The van der Waals surface area contributed by atoms with Gasteiger partial charge in [0.15, 0.2) is 0 Å². The van der Waals surface area contributed by atoms with E-state index in [1.165, 1.54) is 0 Å². The van der Waals surface area contributed by atoms with Crippen molar-refractivity contribution in [2.75, 3.05) is 19.6 Å². The Morgan fingerprint density at radius 2 is 2.04 bits per heavy atom. The average Bonchev–Trinajstić information content (AvgIpc) is 2.59. The first-order chi connectivity index (χ1) is 12.2. The van der Waals surface area contributed by atoms with Crippen LogP contribution in [0.3, 0.4) is 0 Å². The number of hydrogen-bond donors (Lipinski definition) is 1.